The van der Waals surface area contributed by atoms with E-state index in [2.05, 4.69) is 31.6 Å². The number of nitrogens with one attached hydrogen (secondary N) is 1. The van der Waals surface area contributed by atoms with E-state index in [9.17, 15) is 8.42 Å². The minimum Gasteiger partial charge on any atom is -0.495 e. The van der Waals surface area contributed by atoms with Crippen LogP contribution in [0.25, 0.3) is 0 Å². The summed E-state index contributed by atoms with van der Waals surface area (Å²) in [6, 6.07) is 17.2. The number of fused-ring (bicyclic) bond motifs is 3. The SMILES string of the molecule is COc1ccccc1N1CCN(C[C@@H]2CN3CC[C@H]2C[C@@H]3CNS(=O)(=O)c2ccccc2)CC1. The van der Waals surface area contributed by atoms with Gasteiger partial charge in [0.05, 0.1) is 17.7 Å². The van der Waals surface area contributed by atoms with E-state index in [0.29, 0.717) is 29.3 Å². The topological polar surface area (TPSA) is 65.1 Å². The third-order valence-electron chi connectivity index (χ3n) is 7.87. The van der Waals surface area contributed by atoms with Gasteiger partial charge in [-0.2, -0.15) is 0 Å². The molecule has 1 unspecified atom stereocenters. The fourth-order valence-electron chi connectivity index (χ4n) is 5.95. The molecule has 4 fully saturated rings. The van der Waals surface area contributed by atoms with Crippen molar-refractivity contribution in [1.29, 1.82) is 0 Å². The normalized spacial score (nSPS) is 27.6. The molecule has 6 rings (SSSR count). The summed E-state index contributed by atoms with van der Waals surface area (Å²) in [5.74, 6) is 2.30. The van der Waals surface area contributed by atoms with Gasteiger partial charge in [0.2, 0.25) is 10.0 Å². The van der Waals surface area contributed by atoms with Gasteiger partial charge < -0.3 is 9.64 Å². The van der Waals surface area contributed by atoms with Crippen LogP contribution in [0.4, 0.5) is 5.69 Å². The number of rotatable bonds is 8. The highest BCUT2D eigenvalue weighted by atomic mass is 32.2. The molecule has 4 aliphatic heterocycles. The molecule has 2 aromatic carbocycles. The lowest BCUT2D eigenvalue weighted by Crippen LogP contribution is -2.59. The molecule has 0 aliphatic carbocycles. The molecule has 4 saturated heterocycles. The smallest absolute Gasteiger partial charge is 0.240 e. The standard InChI is InChI=1S/C26H36N4O3S/c1-33-26-10-6-5-9-25(26)29-15-13-28(14-16-29)19-22-20-30-12-11-21(22)17-23(30)18-27-34(31,32)24-7-3-2-4-8-24/h2-10,21-23,27H,11-20H2,1H3/t21-,22+,23+/m0/s1. The molecule has 0 spiro atoms. The highest BCUT2D eigenvalue weighted by Gasteiger charge is 2.41. The number of sulfonamides is 1. The minimum absolute atomic E-state index is 0.302. The molecule has 0 amide bonds. The summed E-state index contributed by atoms with van der Waals surface area (Å²) in [7, 11) is -1.71. The van der Waals surface area contributed by atoms with Crippen molar-refractivity contribution < 1.29 is 13.2 Å². The van der Waals surface area contributed by atoms with E-state index in [1.807, 2.05) is 18.2 Å². The fraction of sp³-hybridized carbons (Fsp3) is 0.538. The molecule has 184 valence electrons. The van der Waals surface area contributed by atoms with Crippen LogP contribution in [0.2, 0.25) is 0 Å². The summed E-state index contributed by atoms with van der Waals surface area (Å²) in [5.41, 5.74) is 1.19. The number of ether oxygens (including phenoxy) is 1. The molecule has 4 atom stereocenters. The maximum absolute atomic E-state index is 12.6. The van der Waals surface area contributed by atoms with Crippen LogP contribution >= 0.6 is 0 Å². The van der Waals surface area contributed by atoms with Crippen molar-refractivity contribution in [1.82, 2.24) is 14.5 Å². The first-order valence-corrected chi connectivity index (χ1v) is 13.9. The Bertz CT molecular complexity index is 1060. The molecular formula is C26H36N4O3S. The molecule has 1 N–H and O–H groups in total. The zero-order chi connectivity index (χ0) is 23.5. The maximum Gasteiger partial charge on any atom is 0.240 e. The molecule has 2 bridgehead atoms. The zero-order valence-electron chi connectivity index (χ0n) is 20.0. The van der Waals surface area contributed by atoms with E-state index in [0.717, 1.165) is 58.0 Å². The first-order valence-electron chi connectivity index (χ1n) is 12.4. The highest BCUT2D eigenvalue weighted by Crippen LogP contribution is 2.37. The van der Waals surface area contributed by atoms with Crippen molar-refractivity contribution >= 4 is 15.7 Å². The van der Waals surface area contributed by atoms with Crippen LogP contribution in [0.3, 0.4) is 0 Å². The number of anilines is 1. The Labute approximate surface area is 203 Å². The molecular weight excluding hydrogens is 448 g/mol. The quantitative estimate of drug-likeness (QED) is 0.621. The summed E-state index contributed by atoms with van der Waals surface area (Å²) in [6.07, 6.45) is 2.32. The lowest BCUT2D eigenvalue weighted by atomic mass is 9.75. The molecule has 2 aromatic rings. The molecule has 4 heterocycles. The van der Waals surface area contributed by atoms with Gasteiger partial charge in [-0.05, 0) is 55.5 Å². The summed E-state index contributed by atoms with van der Waals surface area (Å²) >= 11 is 0. The van der Waals surface area contributed by atoms with Gasteiger partial charge in [0.15, 0.2) is 0 Å². The van der Waals surface area contributed by atoms with Gasteiger partial charge >= 0.3 is 0 Å². The van der Waals surface area contributed by atoms with Crippen molar-refractivity contribution in [2.24, 2.45) is 11.8 Å². The highest BCUT2D eigenvalue weighted by molar-refractivity contribution is 7.89. The van der Waals surface area contributed by atoms with Crippen LogP contribution < -0.4 is 14.4 Å². The Balaban J connectivity index is 1.11. The second-order valence-corrected chi connectivity index (χ2v) is 11.6. The van der Waals surface area contributed by atoms with Crippen LogP contribution in [-0.2, 0) is 10.0 Å². The largest absolute Gasteiger partial charge is 0.495 e. The molecule has 34 heavy (non-hydrogen) atoms. The second kappa shape index (κ2) is 10.2. The van der Waals surface area contributed by atoms with Crippen LogP contribution in [-0.4, -0.2) is 83.7 Å². The van der Waals surface area contributed by atoms with E-state index in [1.54, 1.807) is 31.4 Å². The number of para-hydroxylation sites is 2. The van der Waals surface area contributed by atoms with Gasteiger partial charge in [0, 0.05) is 51.9 Å². The average Bonchev–Trinajstić information content (AvgIpc) is 2.89. The van der Waals surface area contributed by atoms with Gasteiger partial charge in [-0.3, -0.25) is 9.80 Å². The van der Waals surface area contributed by atoms with Crippen molar-refractivity contribution in [3.8, 4) is 5.75 Å². The number of piperidine rings is 3. The first kappa shape index (κ1) is 23.6. The number of piperazine rings is 1. The summed E-state index contributed by atoms with van der Waals surface area (Å²) in [5, 5.41) is 0. The number of methoxy groups -OCH3 is 1. The summed E-state index contributed by atoms with van der Waals surface area (Å²) < 4.78 is 33.7. The van der Waals surface area contributed by atoms with Crippen LogP contribution in [0.15, 0.2) is 59.5 Å². The Morgan fingerprint density at radius 1 is 0.971 bits per heavy atom. The minimum atomic E-state index is -3.44. The Morgan fingerprint density at radius 3 is 2.41 bits per heavy atom. The number of hydrogen-bond donors (Lipinski definition) is 1. The third-order valence-corrected chi connectivity index (χ3v) is 9.31. The Hall–Kier alpha value is -2.13. The van der Waals surface area contributed by atoms with Crippen molar-refractivity contribution in [3.05, 3.63) is 54.6 Å². The molecule has 0 saturated carbocycles. The van der Waals surface area contributed by atoms with Gasteiger partial charge in [-0.1, -0.05) is 30.3 Å². The zero-order valence-corrected chi connectivity index (χ0v) is 20.8. The second-order valence-electron chi connectivity index (χ2n) is 9.82. The summed E-state index contributed by atoms with van der Waals surface area (Å²) in [6.45, 7) is 7.98. The number of hydrogen-bond acceptors (Lipinski definition) is 6. The molecule has 7 nitrogen and oxygen atoms in total. The molecule has 0 radical (unpaired) electrons. The lowest BCUT2D eigenvalue weighted by Gasteiger charge is -2.51. The van der Waals surface area contributed by atoms with Gasteiger partial charge in [0.25, 0.3) is 0 Å². The van der Waals surface area contributed by atoms with Crippen LogP contribution in [0, 0.1) is 11.8 Å². The third kappa shape index (κ3) is 5.10. The first-order chi connectivity index (χ1) is 16.5. The van der Waals surface area contributed by atoms with E-state index >= 15 is 0 Å². The van der Waals surface area contributed by atoms with Crippen molar-refractivity contribution in [2.75, 3.05) is 64.4 Å². The number of nitrogens with zero attached hydrogens (tertiary/aromatic N) is 3. The van der Waals surface area contributed by atoms with E-state index in [1.165, 1.54) is 12.1 Å². The average molecular weight is 485 g/mol. The van der Waals surface area contributed by atoms with Gasteiger partial charge in [0.1, 0.15) is 5.75 Å². The van der Waals surface area contributed by atoms with E-state index in [4.69, 9.17) is 4.74 Å². The van der Waals surface area contributed by atoms with Crippen molar-refractivity contribution in [2.45, 2.75) is 23.8 Å². The molecule has 8 heteroatoms. The Morgan fingerprint density at radius 2 is 1.71 bits per heavy atom. The predicted molar refractivity (Wildman–Crippen MR) is 135 cm³/mol. The summed E-state index contributed by atoms with van der Waals surface area (Å²) in [4.78, 5) is 7.91. The van der Waals surface area contributed by atoms with Gasteiger partial charge in [-0.25, -0.2) is 13.1 Å². The van der Waals surface area contributed by atoms with Gasteiger partial charge in [-0.15, -0.1) is 0 Å². The molecule has 4 aliphatic rings. The van der Waals surface area contributed by atoms with E-state index in [-0.39, 0.29) is 0 Å². The monoisotopic (exact) mass is 484 g/mol. The number of benzene rings is 2. The maximum atomic E-state index is 12.6. The van der Waals surface area contributed by atoms with E-state index < -0.39 is 10.0 Å². The molecule has 0 aromatic heterocycles. The van der Waals surface area contributed by atoms with Crippen molar-refractivity contribution in [3.63, 3.8) is 0 Å². The van der Waals surface area contributed by atoms with Crippen LogP contribution in [0.5, 0.6) is 5.75 Å². The predicted octanol–water partition coefficient (Wildman–Crippen LogP) is 2.51. The Kier molecular flexibility index (Phi) is 7.11. The fourth-order valence-corrected chi connectivity index (χ4v) is 7.05. The van der Waals surface area contributed by atoms with Crippen LogP contribution in [0.1, 0.15) is 12.8 Å². The lowest BCUT2D eigenvalue weighted by molar-refractivity contribution is -0.0107.